The fourth-order valence-corrected chi connectivity index (χ4v) is 3.56. The van der Waals surface area contributed by atoms with E-state index >= 15 is 0 Å². The molecule has 1 unspecified atom stereocenters. The lowest BCUT2D eigenvalue weighted by Gasteiger charge is -2.30. The lowest BCUT2D eigenvalue weighted by molar-refractivity contribution is -0.135. The van der Waals surface area contributed by atoms with Crippen molar-refractivity contribution in [3.8, 4) is 0 Å². The Morgan fingerprint density at radius 3 is 2.22 bits per heavy atom. The molecule has 2 fully saturated rings. The second-order valence-corrected chi connectivity index (χ2v) is 6.34. The zero-order valence-electron chi connectivity index (χ0n) is 12.7. The number of hydrogen-bond acceptors (Lipinski definition) is 2. The molecule has 1 aliphatic heterocycles. The third-order valence-electron chi connectivity index (χ3n) is 4.86. The van der Waals surface area contributed by atoms with Crippen LogP contribution in [0.3, 0.4) is 0 Å². The van der Waals surface area contributed by atoms with Gasteiger partial charge in [-0.3, -0.25) is 9.59 Å². The van der Waals surface area contributed by atoms with Crippen LogP contribution in [0.15, 0.2) is 12.1 Å². The predicted molar refractivity (Wildman–Crippen MR) is 77.1 cm³/mol. The van der Waals surface area contributed by atoms with Gasteiger partial charge in [0, 0.05) is 49.0 Å². The highest BCUT2D eigenvalue weighted by Gasteiger charge is 2.37. The highest BCUT2D eigenvalue weighted by molar-refractivity contribution is 5.83. The summed E-state index contributed by atoms with van der Waals surface area (Å²) in [4.78, 5) is 25.5. The van der Waals surface area contributed by atoms with E-state index in [1.54, 1.807) is 4.90 Å². The molecule has 1 aromatic rings. The van der Waals surface area contributed by atoms with E-state index in [-0.39, 0.29) is 29.7 Å². The minimum Gasteiger partial charge on any atom is -0.339 e. The summed E-state index contributed by atoms with van der Waals surface area (Å²) < 4.78 is 40.4. The maximum absolute atomic E-state index is 13.7. The molecule has 3 nitrogen and oxygen atoms in total. The summed E-state index contributed by atoms with van der Waals surface area (Å²) in [5.74, 6) is -3.24. The molecule has 3 rings (SSSR count). The molecule has 1 aliphatic carbocycles. The minimum absolute atomic E-state index is 0.0492. The fourth-order valence-electron chi connectivity index (χ4n) is 3.56. The monoisotopic (exact) mass is 325 g/mol. The van der Waals surface area contributed by atoms with E-state index in [2.05, 4.69) is 0 Å². The fraction of sp³-hybridized carbons (Fsp3) is 0.529. The molecule has 124 valence electrons. The summed E-state index contributed by atoms with van der Waals surface area (Å²) in [6, 6.07) is 1.33. The average molecular weight is 325 g/mol. The molecule has 6 heteroatoms. The van der Waals surface area contributed by atoms with Crippen LogP contribution in [0, 0.1) is 23.4 Å². The van der Waals surface area contributed by atoms with Gasteiger partial charge in [0.25, 0.3) is 0 Å². The summed E-state index contributed by atoms with van der Waals surface area (Å²) in [6.07, 6.45) is 2.77. The molecule has 0 aromatic heterocycles. The molecular weight excluding hydrogens is 307 g/mol. The van der Waals surface area contributed by atoms with Gasteiger partial charge in [-0.15, -0.1) is 0 Å². The minimum atomic E-state index is -0.963. The highest BCUT2D eigenvalue weighted by Crippen LogP contribution is 2.30. The summed E-state index contributed by atoms with van der Waals surface area (Å²) in [7, 11) is 0. The zero-order chi connectivity index (χ0) is 16.6. The number of hydrogen-bond donors (Lipinski definition) is 0. The largest absolute Gasteiger partial charge is 0.339 e. The number of rotatable bonds is 3. The smallest absolute Gasteiger partial charge is 0.226 e. The Kier molecular flexibility index (Phi) is 4.41. The molecule has 1 saturated heterocycles. The van der Waals surface area contributed by atoms with Crippen LogP contribution in [0.25, 0.3) is 0 Å². The third kappa shape index (κ3) is 3.26. The van der Waals surface area contributed by atoms with Crippen LogP contribution in [0.2, 0.25) is 0 Å². The first-order valence-corrected chi connectivity index (χ1v) is 7.91. The summed E-state index contributed by atoms with van der Waals surface area (Å²) in [5, 5.41) is 0. The van der Waals surface area contributed by atoms with Gasteiger partial charge in [-0.05, 0) is 25.7 Å². The van der Waals surface area contributed by atoms with Gasteiger partial charge in [0.1, 0.15) is 23.2 Å². The molecule has 0 spiro atoms. The van der Waals surface area contributed by atoms with Crippen molar-refractivity contribution in [2.24, 2.45) is 5.92 Å². The molecule has 1 saturated carbocycles. The Bertz CT molecular complexity index is 614. The number of ketones is 1. The van der Waals surface area contributed by atoms with E-state index in [4.69, 9.17) is 0 Å². The van der Waals surface area contributed by atoms with Crippen molar-refractivity contribution in [1.29, 1.82) is 0 Å². The van der Waals surface area contributed by atoms with Crippen molar-refractivity contribution in [3.05, 3.63) is 35.1 Å². The molecule has 0 radical (unpaired) electrons. The molecule has 0 N–H and O–H groups in total. The first-order chi connectivity index (χ1) is 11.0. The van der Waals surface area contributed by atoms with Crippen LogP contribution < -0.4 is 0 Å². The van der Waals surface area contributed by atoms with Gasteiger partial charge in [-0.25, -0.2) is 13.2 Å². The van der Waals surface area contributed by atoms with Crippen molar-refractivity contribution >= 4 is 11.7 Å². The third-order valence-corrected chi connectivity index (χ3v) is 4.86. The van der Waals surface area contributed by atoms with E-state index in [0.29, 0.717) is 50.8 Å². The Balaban J connectivity index is 1.69. The molecule has 2 aliphatic rings. The Morgan fingerprint density at radius 1 is 1.00 bits per heavy atom. The number of benzene rings is 1. The van der Waals surface area contributed by atoms with Crippen molar-refractivity contribution in [1.82, 2.24) is 4.90 Å². The van der Waals surface area contributed by atoms with Gasteiger partial charge < -0.3 is 4.90 Å². The maximum atomic E-state index is 13.7. The number of nitrogens with zero attached hydrogens (tertiary/aromatic N) is 1. The van der Waals surface area contributed by atoms with E-state index in [1.807, 2.05) is 0 Å². The van der Waals surface area contributed by atoms with Gasteiger partial charge in [-0.1, -0.05) is 0 Å². The first-order valence-electron chi connectivity index (χ1n) is 7.91. The average Bonchev–Trinajstić information content (AvgIpc) is 2.85. The van der Waals surface area contributed by atoms with Crippen LogP contribution in [0.5, 0.6) is 0 Å². The van der Waals surface area contributed by atoms with Gasteiger partial charge in [0.05, 0.1) is 0 Å². The molecular formula is C17H18F3NO2. The standard InChI is InChI=1S/C17H18F3NO2/c18-11-8-15(19)14(16(20)9-11)7-10-5-6-21(17(10)23)12-1-3-13(22)4-2-12/h8-10,12H,1-7H2. The number of amides is 1. The summed E-state index contributed by atoms with van der Waals surface area (Å²) >= 11 is 0. The molecule has 1 amide bonds. The first kappa shape index (κ1) is 16.0. The molecule has 1 aromatic carbocycles. The highest BCUT2D eigenvalue weighted by atomic mass is 19.1. The van der Waals surface area contributed by atoms with Crippen molar-refractivity contribution in [2.45, 2.75) is 44.6 Å². The SMILES string of the molecule is O=C1CCC(N2CCC(Cc3c(F)cc(F)cc3F)C2=O)CC1. The summed E-state index contributed by atoms with van der Waals surface area (Å²) in [6.45, 7) is 0.548. The molecule has 1 atom stereocenters. The van der Waals surface area contributed by atoms with Gasteiger partial charge in [0.2, 0.25) is 5.91 Å². The van der Waals surface area contributed by atoms with Crippen molar-refractivity contribution < 1.29 is 22.8 Å². The second kappa shape index (κ2) is 6.34. The summed E-state index contributed by atoms with van der Waals surface area (Å²) in [5.41, 5.74) is -0.231. The Labute approximate surface area is 132 Å². The zero-order valence-corrected chi connectivity index (χ0v) is 12.7. The van der Waals surface area contributed by atoms with Crippen LogP contribution in [-0.4, -0.2) is 29.2 Å². The topological polar surface area (TPSA) is 37.4 Å². The van der Waals surface area contributed by atoms with E-state index in [9.17, 15) is 22.8 Å². The number of halogens is 3. The van der Waals surface area contributed by atoms with Gasteiger partial charge in [-0.2, -0.15) is 0 Å². The van der Waals surface area contributed by atoms with Gasteiger partial charge in [0.15, 0.2) is 0 Å². The van der Waals surface area contributed by atoms with Gasteiger partial charge >= 0.3 is 0 Å². The lowest BCUT2D eigenvalue weighted by atomic mass is 9.93. The molecule has 1 heterocycles. The maximum Gasteiger partial charge on any atom is 0.226 e. The number of likely N-dealkylation sites (tertiary alicyclic amines) is 1. The van der Waals surface area contributed by atoms with Crippen LogP contribution in [0.4, 0.5) is 13.2 Å². The van der Waals surface area contributed by atoms with E-state index in [1.165, 1.54) is 0 Å². The van der Waals surface area contributed by atoms with Crippen LogP contribution in [0.1, 0.15) is 37.7 Å². The Morgan fingerprint density at radius 2 is 1.61 bits per heavy atom. The lowest BCUT2D eigenvalue weighted by Crippen LogP contribution is -2.40. The number of carbonyl (C=O) groups excluding carboxylic acids is 2. The van der Waals surface area contributed by atoms with E-state index in [0.717, 1.165) is 0 Å². The predicted octanol–water partition coefficient (Wildman–Crippen LogP) is 3.01. The van der Waals surface area contributed by atoms with Crippen LogP contribution >= 0.6 is 0 Å². The molecule has 0 bridgehead atoms. The molecule has 23 heavy (non-hydrogen) atoms. The van der Waals surface area contributed by atoms with E-state index < -0.39 is 23.4 Å². The Hall–Kier alpha value is -1.85. The normalized spacial score (nSPS) is 22.9. The van der Waals surface area contributed by atoms with Crippen LogP contribution in [-0.2, 0) is 16.0 Å². The second-order valence-electron chi connectivity index (χ2n) is 6.34. The number of carbonyl (C=O) groups is 2. The quantitative estimate of drug-likeness (QED) is 0.857. The number of Topliss-reactive ketones (excluding diaryl/α,β-unsaturated/α-hetero) is 1. The van der Waals surface area contributed by atoms with Crippen molar-refractivity contribution in [2.75, 3.05) is 6.54 Å². The van der Waals surface area contributed by atoms with Crippen molar-refractivity contribution in [3.63, 3.8) is 0 Å².